The second kappa shape index (κ2) is 4.73. The van der Waals surface area contributed by atoms with Gasteiger partial charge in [-0.25, -0.2) is 0 Å². The highest BCUT2D eigenvalue weighted by atomic mass is 16.6. The first-order valence-electron chi connectivity index (χ1n) is 5.06. The molecule has 0 unspecified atom stereocenters. The molecule has 0 aliphatic carbocycles. The van der Waals surface area contributed by atoms with Crippen LogP contribution in [0.15, 0.2) is 0 Å². The topological polar surface area (TPSA) is 104 Å². The Morgan fingerprint density at radius 1 is 1.56 bits per heavy atom. The molecular formula is C9H14N4O3. The highest BCUT2D eigenvalue weighted by Crippen LogP contribution is 2.22. The molecule has 0 aromatic carbocycles. The third-order valence-electron chi connectivity index (χ3n) is 2.20. The van der Waals surface area contributed by atoms with Crippen LogP contribution < -0.4 is 5.73 Å². The average molecular weight is 226 g/mol. The fourth-order valence-corrected chi connectivity index (χ4v) is 1.57. The Morgan fingerprint density at radius 2 is 2.19 bits per heavy atom. The summed E-state index contributed by atoms with van der Waals surface area (Å²) in [4.78, 5) is 21.5. The van der Waals surface area contributed by atoms with Crippen molar-refractivity contribution in [3.63, 3.8) is 0 Å². The van der Waals surface area contributed by atoms with Crippen LogP contribution in [0.2, 0.25) is 0 Å². The molecule has 1 aromatic rings. The number of aromatic nitrogens is 2. The number of hydrogen-bond acceptors (Lipinski definition) is 4. The van der Waals surface area contributed by atoms with E-state index in [1.165, 1.54) is 4.68 Å². The van der Waals surface area contributed by atoms with Crippen LogP contribution >= 0.6 is 0 Å². The first-order valence-corrected chi connectivity index (χ1v) is 5.06. The maximum Gasteiger partial charge on any atom is 0.358 e. The number of carbonyl (C=O) groups excluding carboxylic acids is 1. The molecule has 16 heavy (non-hydrogen) atoms. The predicted octanol–water partition coefficient (Wildman–Crippen LogP) is 0.863. The molecule has 88 valence electrons. The average Bonchev–Trinajstić information content (AvgIpc) is 2.57. The van der Waals surface area contributed by atoms with Crippen molar-refractivity contribution in [3.8, 4) is 0 Å². The van der Waals surface area contributed by atoms with Gasteiger partial charge in [0.2, 0.25) is 0 Å². The molecule has 0 aliphatic heterocycles. The number of amides is 1. The SMILES string of the molecule is CCCc1nn(CC)c([N+](=O)[O-])c1C(N)=O. The summed E-state index contributed by atoms with van der Waals surface area (Å²) in [6.07, 6.45) is 1.25. The standard InChI is InChI=1S/C9H14N4O3/c1-3-5-6-7(8(10)14)9(13(15)16)12(4-2)11-6/h3-5H2,1-2H3,(H2,10,14). The largest absolute Gasteiger partial charge is 0.365 e. The van der Waals surface area contributed by atoms with Gasteiger partial charge >= 0.3 is 5.82 Å². The lowest BCUT2D eigenvalue weighted by Crippen LogP contribution is -2.15. The molecule has 0 atom stereocenters. The minimum Gasteiger partial charge on any atom is -0.365 e. The smallest absolute Gasteiger partial charge is 0.358 e. The minimum atomic E-state index is -0.796. The van der Waals surface area contributed by atoms with Crippen LogP contribution in [0.4, 0.5) is 5.82 Å². The summed E-state index contributed by atoms with van der Waals surface area (Å²) in [5, 5.41) is 14.9. The lowest BCUT2D eigenvalue weighted by molar-refractivity contribution is -0.392. The molecule has 0 spiro atoms. The summed E-state index contributed by atoms with van der Waals surface area (Å²) < 4.78 is 1.20. The zero-order valence-electron chi connectivity index (χ0n) is 9.27. The van der Waals surface area contributed by atoms with Crippen molar-refractivity contribution in [1.29, 1.82) is 0 Å². The van der Waals surface area contributed by atoms with Gasteiger partial charge in [-0.1, -0.05) is 18.4 Å². The lowest BCUT2D eigenvalue weighted by Gasteiger charge is -1.97. The Kier molecular flexibility index (Phi) is 3.60. The number of nitro groups is 1. The van der Waals surface area contributed by atoms with Crippen LogP contribution in [0.5, 0.6) is 0 Å². The van der Waals surface area contributed by atoms with Crippen LogP contribution in [0.1, 0.15) is 36.3 Å². The van der Waals surface area contributed by atoms with Crippen molar-refractivity contribution in [1.82, 2.24) is 9.78 Å². The van der Waals surface area contributed by atoms with Gasteiger partial charge in [0.05, 0.1) is 0 Å². The van der Waals surface area contributed by atoms with Gasteiger partial charge in [0.15, 0.2) is 5.56 Å². The maximum atomic E-state index is 11.2. The molecule has 0 aliphatic rings. The number of aryl methyl sites for hydroxylation is 2. The van der Waals surface area contributed by atoms with E-state index in [4.69, 9.17) is 5.73 Å². The number of primary amides is 1. The van der Waals surface area contributed by atoms with Crippen LogP contribution in [0.25, 0.3) is 0 Å². The van der Waals surface area contributed by atoms with Crippen molar-refractivity contribution in [2.24, 2.45) is 5.73 Å². The molecule has 1 aromatic heterocycles. The summed E-state index contributed by atoms with van der Waals surface area (Å²) in [5.41, 5.74) is 5.50. The van der Waals surface area contributed by atoms with E-state index in [1.807, 2.05) is 6.92 Å². The van der Waals surface area contributed by atoms with Crippen LogP contribution in [-0.4, -0.2) is 20.6 Å². The van der Waals surface area contributed by atoms with E-state index < -0.39 is 10.8 Å². The Hall–Kier alpha value is -1.92. The molecule has 7 heteroatoms. The van der Waals surface area contributed by atoms with Crippen molar-refractivity contribution < 1.29 is 9.72 Å². The van der Waals surface area contributed by atoms with Gasteiger partial charge in [-0.15, -0.1) is 4.68 Å². The highest BCUT2D eigenvalue weighted by Gasteiger charge is 2.29. The van der Waals surface area contributed by atoms with Crippen molar-refractivity contribution in [2.45, 2.75) is 33.2 Å². The minimum absolute atomic E-state index is 0.0614. The fraction of sp³-hybridized carbons (Fsp3) is 0.556. The van der Waals surface area contributed by atoms with Gasteiger partial charge in [0.25, 0.3) is 5.91 Å². The van der Waals surface area contributed by atoms with Crippen LogP contribution in [0.3, 0.4) is 0 Å². The van der Waals surface area contributed by atoms with Crippen LogP contribution in [0, 0.1) is 10.1 Å². The van der Waals surface area contributed by atoms with Gasteiger partial charge in [0, 0.05) is 0 Å². The van der Waals surface area contributed by atoms with Gasteiger partial charge < -0.3 is 15.8 Å². The first-order chi connectivity index (χ1) is 7.52. The summed E-state index contributed by atoms with van der Waals surface area (Å²) in [6, 6.07) is 0. The van der Waals surface area contributed by atoms with Crippen LogP contribution in [-0.2, 0) is 13.0 Å². The molecule has 0 saturated carbocycles. The number of hydrogen-bond donors (Lipinski definition) is 1. The third-order valence-corrected chi connectivity index (χ3v) is 2.20. The summed E-state index contributed by atoms with van der Waals surface area (Å²) in [6.45, 7) is 3.96. The monoisotopic (exact) mass is 226 g/mol. The van der Waals surface area contributed by atoms with E-state index in [2.05, 4.69) is 5.10 Å². The zero-order chi connectivity index (χ0) is 12.3. The Labute approximate surface area is 92.4 Å². The molecule has 1 rings (SSSR count). The fourth-order valence-electron chi connectivity index (χ4n) is 1.57. The van der Waals surface area contributed by atoms with E-state index in [0.29, 0.717) is 18.7 Å². The van der Waals surface area contributed by atoms with Crippen molar-refractivity contribution >= 4 is 11.7 Å². The van der Waals surface area contributed by atoms with E-state index in [0.717, 1.165) is 6.42 Å². The van der Waals surface area contributed by atoms with Gasteiger partial charge in [-0.05, 0) is 18.3 Å². The molecule has 7 nitrogen and oxygen atoms in total. The second-order valence-electron chi connectivity index (χ2n) is 3.33. The normalized spacial score (nSPS) is 10.4. The predicted molar refractivity (Wildman–Crippen MR) is 57.1 cm³/mol. The zero-order valence-corrected chi connectivity index (χ0v) is 9.27. The lowest BCUT2D eigenvalue weighted by atomic mass is 10.1. The quantitative estimate of drug-likeness (QED) is 0.593. The molecule has 0 bridgehead atoms. The van der Waals surface area contributed by atoms with E-state index in [-0.39, 0.29) is 11.4 Å². The van der Waals surface area contributed by atoms with Gasteiger partial charge in [0.1, 0.15) is 12.2 Å². The number of nitrogens with zero attached hydrogens (tertiary/aromatic N) is 3. The Bertz CT molecular complexity index is 425. The summed E-state index contributed by atoms with van der Waals surface area (Å²) >= 11 is 0. The van der Waals surface area contributed by atoms with E-state index in [1.54, 1.807) is 6.92 Å². The molecule has 1 amide bonds. The number of rotatable bonds is 5. The van der Waals surface area contributed by atoms with E-state index in [9.17, 15) is 14.9 Å². The molecule has 2 N–H and O–H groups in total. The third kappa shape index (κ3) is 2.02. The van der Waals surface area contributed by atoms with Crippen molar-refractivity contribution in [2.75, 3.05) is 0 Å². The molecular weight excluding hydrogens is 212 g/mol. The highest BCUT2D eigenvalue weighted by molar-refractivity contribution is 5.97. The number of nitrogens with two attached hydrogens (primary N) is 1. The summed E-state index contributed by atoms with van der Waals surface area (Å²) in [7, 11) is 0. The maximum absolute atomic E-state index is 11.2. The second-order valence-corrected chi connectivity index (χ2v) is 3.33. The Balaban J connectivity index is 3.41. The van der Waals surface area contributed by atoms with Gasteiger partial charge in [-0.3, -0.25) is 4.79 Å². The number of carbonyl (C=O) groups is 1. The molecule has 0 fully saturated rings. The Morgan fingerprint density at radius 3 is 2.56 bits per heavy atom. The van der Waals surface area contributed by atoms with E-state index >= 15 is 0 Å². The first kappa shape index (κ1) is 12.2. The molecule has 1 heterocycles. The van der Waals surface area contributed by atoms with Crippen molar-refractivity contribution in [3.05, 3.63) is 21.4 Å². The summed E-state index contributed by atoms with van der Waals surface area (Å²) in [5.74, 6) is -1.10. The van der Waals surface area contributed by atoms with Gasteiger partial charge in [-0.2, -0.15) is 0 Å². The molecule has 0 saturated heterocycles. The molecule has 0 radical (unpaired) electrons.